The average Bonchev–Trinajstić information content (AvgIpc) is 2.78. The van der Waals surface area contributed by atoms with Gasteiger partial charge in [0.1, 0.15) is 5.57 Å². The topological polar surface area (TPSA) is 75.7 Å². The van der Waals surface area contributed by atoms with Gasteiger partial charge in [-0.25, -0.2) is 9.69 Å². The molecule has 0 saturated carbocycles. The maximum Gasteiger partial charge on any atom is 0.335 e. The van der Waals surface area contributed by atoms with E-state index >= 15 is 0 Å². The summed E-state index contributed by atoms with van der Waals surface area (Å²) in [5.74, 6) is -1.22. The molecule has 1 N–H and O–H groups in total. The van der Waals surface area contributed by atoms with Crippen LogP contribution in [0.15, 0.2) is 42.0 Å². The van der Waals surface area contributed by atoms with Crippen molar-refractivity contribution in [3.63, 3.8) is 0 Å². The number of barbiturate groups is 1. The van der Waals surface area contributed by atoms with Gasteiger partial charge in [-0.05, 0) is 54.5 Å². The molecule has 1 saturated heterocycles. The van der Waals surface area contributed by atoms with Gasteiger partial charge in [-0.3, -0.25) is 14.9 Å². The zero-order valence-electron chi connectivity index (χ0n) is 18.7. The molecule has 0 aromatic heterocycles. The number of hydrogen-bond acceptors (Lipinski definition) is 4. The molecule has 6 nitrogen and oxygen atoms in total. The van der Waals surface area contributed by atoms with Crippen molar-refractivity contribution in [2.45, 2.75) is 45.4 Å². The monoisotopic (exact) mass is 522 g/mol. The summed E-state index contributed by atoms with van der Waals surface area (Å²) >= 11 is 18.6. The minimum absolute atomic E-state index is 0.234. The Labute approximate surface area is 213 Å². The lowest BCUT2D eigenvalue weighted by atomic mass is 10.1. The molecule has 34 heavy (non-hydrogen) atoms. The van der Waals surface area contributed by atoms with Crippen molar-refractivity contribution in [2.75, 3.05) is 11.5 Å². The standard InChI is InChI=1S/C25H25Cl3N2O4/c1-2-3-4-5-6-7-12-34-22-20(27)14-16(15-21(22)28)13-19-23(31)29-25(33)30(24(19)32)18-10-8-17(26)9-11-18/h8-11,13-15H,2-7,12H2,1H3,(H,29,31,33)/b19-13-. The highest BCUT2D eigenvalue weighted by molar-refractivity contribution is 6.40. The summed E-state index contributed by atoms with van der Waals surface area (Å²) in [6.45, 7) is 2.67. The number of amides is 4. The van der Waals surface area contributed by atoms with Crippen LogP contribution >= 0.6 is 34.8 Å². The van der Waals surface area contributed by atoms with Crippen LogP contribution in [0.2, 0.25) is 15.1 Å². The first-order chi connectivity index (χ1) is 16.3. The van der Waals surface area contributed by atoms with Crippen molar-refractivity contribution in [2.24, 2.45) is 0 Å². The van der Waals surface area contributed by atoms with E-state index in [1.807, 2.05) is 0 Å². The first kappa shape index (κ1) is 26.1. The molecular weight excluding hydrogens is 499 g/mol. The number of halogens is 3. The van der Waals surface area contributed by atoms with Crippen LogP contribution in [0.4, 0.5) is 10.5 Å². The maximum atomic E-state index is 13.0. The average molecular weight is 524 g/mol. The molecule has 2 aromatic carbocycles. The molecule has 1 aliphatic heterocycles. The number of urea groups is 1. The van der Waals surface area contributed by atoms with Gasteiger partial charge in [0, 0.05) is 5.02 Å². The van der Waals surface area contributed by atoms with Gasteiger partial charge in [0.15, 0.2) is 5.75 Å². The van der Waals surface area contributed by atoms with Gasteiger partial charge in [0.05, 0.1) is 22.3 Å². The quantitative estimate of drug-likeness (QED) is 0.206. The summed E-state index contributed by atoms with van der Waals surface area (Å²) in [7, 11) is 0. The van der Waals surface area contributed by atoms with Gasteiger partial charge in [-0.2, -0.15) is 0 Å². The van der Waals surface area contributed by atoms with E-state index < -0.39 is 17.8 Å². The van der Waals surface area contributed by atoms with E-state index in [1.54, 1.807) is 24.3 Å². The highest BCUT2D eigenvalue weighted by Gasteiger charge is 2.36. The van der Waals surface area contributed by atoms with Gasteiger partial charge in [-0.1, -0.05) is 73.8 Å². The first-order valence-electron chi connectivity index (χ1n) is 11.1. The predicted molar refractivity (Wildman–Crippen MR) is 136 cm³/mol. The Morgan fingerprint density at radius 1 is 0.912 bits per heavy atom. The number of imide groups is 2. The number of rotatable bonds is 10. The zero-order valence-corrected chi connectivity index (χ0v) is 21.0. The molecule has 2 aromatic rings. The number of carbonyl (C=O) groups is 3. The van der Waals surface area contributed by atoms with E-state index in [-0.39, 0.29) is 21.3 Å². The van der Waals surface area contributed by atoms with Crippen molar-refractivity contribution in [1.82, 2.24) is 5.32 Å². The molecule has 1 aliphatic rings. The molecule has 1 fully saturated rings. The molecule has 180 valence electrons. The molecule has 0 bridgehead atoms. The summed E-state index contributed by atoms with van der Waals surface area (Å²) in [5, 5.41) is 3.15. The third kappa shape index (κ3) is 6.53. The Morgan fingerprint density at radius 2 is 1.53 bits per heavy atom. The number of anilines is 1. The lowest BCUT2D eigenvalue weighted by Gasteiger charge is -2.26. The third-order valence-electron chi connectivity index (χ3n) is 5.26. The van der Waals surface area contributed by atoms with Crippen molar-refractivity contribution in [3.05, 3.63) is 62.6 Å². The summed E-state index contributed by atoms with van der Waals surface area (Å²) in [5.41, 5.74) is 0.466. The van der Waals surface area contributed by atoms with E-state index in [0.717, 1.165) is 24.2 Å². The van der Waals surface area contributed by atoms with Crippen LogP contribution in [0.1, 0.15) is 51.0 Å². The van der Waals surface area contributed by atoms with E-state index in [2.05, 4.69) is 12.2 Å². The van der Waals surface area contributed by atoms with Crippen molar-refractivity contribution in [3.8, 4) is 5.75 Å². The first-order valence-corrected chi connectivity index (χ1v) is 12.2. The number of nitrogens with one attached hydrogen (secondary N) is 1. The van der Waals surface area contributed by atoms with Crippen LogP contribution in [-0.2, 0) is 9.59 Å². The molecule has 0 aliphatic carbocycles. The molecular formula is C25H25Cl3N2O4. The molecule has 1 heterocycles. The molecule has 0 unspecified atom stereocenters. The molecule has 0 radical (unpaired) electrons. The van der Waals surface area contributed by atoms with Crippen LogP contribution in [0.25, 0.3) is 6.08 Å². The summed E-state index contributed by atoms with van der Waals surface area (Å²) in [4.78, 5) is 38.6. The fourth-order valence-electron chi connectivity index (χ4n) is 3.51. The summed E-state index contributed by atoms with van der Waals surface area (Å²) < 4.78 is 5.77. The Hall–Kier alpha value is -2.54. The SMILES string of the molecule is CCCCCCCCOc1c(Cl)cc(/C=C2/C(=O)NC(=O)N(c3ccc(Cl)cc3)C2=O)cc1Cl. The van der Waals surface area contributed by atoms with Gasteiger partial charge >= 0.3 is 6.03 Å². The van der Waals surface area contributed by atoms with Gasteiger partial charge in [0.2, 0.25) is 0 Å². The van der Waals surface area contributed by atoms with Crippen LogP contribution in [0.3, 0.4) is 0 Å². The fraction of sp³-hybridized carbons (Fsp3) is 0.320. The van der Waals surface area contributed by atoms with E-state index in [1.165, 1.54) is 37.5 Å². The number of carbonyl (C=O) groups excluding carboxylic acids is 3. The van der Waals surface area contributed by atoms with Crippen molar-refractivity contribution in [1.29, 1.82) is 0 Å². The van der Waals surface area contributed by atoms with Gasteiger partial charge in [0.25, 0.3) is 11.8 Å². The number of ether oxygens (including phenoxy) is 1. The van der Waals surface area contributed by atoms with Crippen molar-refractivity contribution >= 4 is 64.4 Å². The maximum absolute atomic E-state index is 13.0. The van der Waals surface area contributed by atoms with Gasteiger partial charge < -0.3 is 4.74 Å². The van der Waals surface area contributed by atoms with E-state index in [0.29, 0.717) is 22.9 Å². The zero-order chi connectivity index (χ0) is 24.7. The lowest BCUT2D eigenvalue weighted by molar-refractivity contribution is -0.122. The lowest BCUT2D eigenvalue weighted by Crippen LogP contribution is -2.54. The number of benzene rings is 2. The second-order valence-corrected chi connectivity index (χ2v) is 9.12. The molecule has 4 amide bonds. The van der Waals surface area contributed by atoms with Crippen LogP contribution in [-0.4, -0.2) is 24.5 Å². The molecule has 3 rings (SSSR count). The Bertz CT molecular complexity index is 1080. The van der Waals surface area contributed by atoms with E-state index in [9.17, 15) is 14.4 Å². The molecule has 0 atom stereocenters. The number of hydrogen-bond donors (Lipinski definition) is 1. The molecule has 9 heteroatoms. The number of unbranched alkanes of at least 4 members (excludes halogenated alkanes) is 5. The van der Waals surface area contributed by atoms with Crippen LogP contribution < -0.4 is 15.0 Å². The second-order valence-electron chi connectivity index (χ2n) is 7.86. The van der Waals surface area contributed by atoms with Gasteiger partial charge in [-0.15, -0.1) is 0 Å². The largest absolute Gasteiger partial charge is 0.490 e. The third-order valence-corrected chi connectivity index (χ3v) is 6.08. The van der Waals surface area contributed by atoms with E-state index in [4.69, 9.17) is 39.5 Å². The minimum Gasteiger partial charge on any atom is -0.490 e. The summed E-state index contributed by atoms with van der Waals surface area (Å²) in [6, 6.07) is 8.38. The Kier molecular flexibility index (Phi) is 9.39. The normalized spacial score (nSPS) is 15.1. The fourth-order valence-corrected chi connectivity index (χ4v) is 4.25. The van der Waals surface area contributed by atoms with Crippen molar-refractivity contribution < 1.29 is 19.1 Å². The molecule has 0 spiro atoms. The van der Waals surface area contributed by atoms with Crippen LogP contribution in [0.5, 0.6) is 5.75 Å². The highest BCUT2D eigenvalue weighted by atomic mass is 35.5. The second kappa shape index (κ2) is 12.2. The Balaban J connectivity index is 1.74. The minimum atomic E-state index is -0.844. The smallest absolute Gasteiger partial charge is 0.335 e. The predicted octanol–water partition coefficient (Wildman–Crippen LogP) is 7.05. The summed E-state index contributed by atoms with van der Waals surface area (Å²) in [6.07, 6.45) is 8.12. The highest BCUT2D eigenvalue weighted by Crippen LogP contribution is 2.35. The number of nitrogens with zero attached hydrogens (tertiary/aromatic N) is 1. The Morgan fingerprint density at radius 3 is 2.18 bits per heavy atom. The van der Waals surface area contributed by atoms with Crippen LogP contribution in [0, 0.1) is 0 Å².